The zero-order valence-corrected chi connectivity index (χ0v) is 31.2. The molecule has 2 aromatic carbocycles. The zero-order valence-electron chi connectivity index (χ0n) is 29.6. The number of anilines is 1. The fourth-order valence-corrected chi connectivity index (χ4v) is 9.80. The second-order valence-electron chi connectivity index (χ2n) is 15.0. The molecule has 278 valence electrons. The number of benzene rings is 2. The van der Waals surface area contributed by atoms with Crippen molar-refractivity contribution in [3.63, 3.8) is 0 Å². The smallest absolute Gasteiger partial charge is 0.264 e. The highest BCUT2D eigenvalue weighted by Gasteiger charge is 2.45. The zero-order chi connectivity index (χ0) is 35.7. The van der Waals surface area contributed by atoms with Crippen LogP contribution in [0.1, 0.15) is 86.7 Å². The van der Waals surface area contributed by atoms with E-state index in [9.17, 15) is 13.2 Å². The van der Waals surface area contributed by atoms with Crippen LogP contribution < -0.4 is 14.4 Å². The molecule has 1 saturated carbocycles. The first-order valence-electron chi connectivity index (χ1n) is 18.7. The number of rotatable bonds is 5. The molecule has 4 bridgehead atoms. The molecule has 1 amide bonds. The Hall–Kier alpha value is -2.70. The molecule has 2 aromatic rings. The van der Waals surface area contributed by atoms with Crippen LogP contribution in [0.15, 0.2) is 42.0 Å². The SMILES string of the molecule is C[C@@H]1[C@@H](C)S(=O)(=O)NC(=O)c2ccc3c(c2)N(Cc2ccc(Cl)c(F)c2CCCCO3)C[C@@H]2CC[C@H]2[C@@H](OCCOC2CCCCO2)C2=C[C@H]1C2. The number of fused-ring (bicyclic) bond motifs is 5. The first-order chi connectivity index (χ1) is 24.6. The number of carbonyl (C=O) groups excluding carboxylic acids is 1. The molecule has 1 saturated heterocycles. The maximum atomic E-state index is 15.6. The molecule has 0 spiro atoms. The summed E-state index contributed by atoms with van der Waals surface area (Å²) < 4.78 is 69.9. The summed E-state index contributed by atoms with van der Waals surface area (Å²) >= 11 is 6.28. The predicted octanol–water partition coefficient (Wildman–Crippen LogP) is 7.20. The van der Waals surface area contributed by atoms with E-state index >= 15 is 4.39 Å². The second-order valence-corrected chi connectivity index (χ2v) is 17.4. The van der Waals surface area contributed by atoms with Crippen molar-refractivity contribution in [2.45, 2.75) is 95.8 Å². The van der Waals surface area contributed by atoms with Crippen LogP contribution in [-0.4, -0.2) is 64.9 Å². The summed E-state index contributed by atoms with van der Waals surface area (Å²) in [5, 5.41) is -0.697. The first-order valence-corrected chi connectivity index (χ1v) is 20.6. The van der Waals surface area contributed by atoms with Crippen LogP contribution in [0.2, 0.25) is 5.02 Å². The summed E-state index contributed by atoms with van der Waals surface area (Å²) in [6.45, 7) is 6.60. The van der Waals surface area contributed by atoms with E-state index in [2.05, 4.69) is 15.7 Å². The number of ether oxygens (including phenoxy) is 4. The van der Waals surface area contributed by atoms with Crippen LogP contribution in [0.3, 0.4) is 0 Å². The lowest BCUT2D eigenvalue weighted by molar-refractivity contribution is -0.173. The Morgan fingerprint density at radius 2 is 1.82 bits per heavy atom. The van der Waals surface area contributed by atoms with Crippen LogP contribution in [-0.2, 0) is 37.2 Å². The minimum Gasteiger partial charge on any atom is -0.491 e. The third-order valence-corrected chi connectivity index (χ3v) is 14.0. The van der Waals surface area contributed by atoms with Crippen molar-refractivity contribution >= 4 is 33.2 Å². The van der Waals surface area contributed by atoms with Crippen molar-refractivity contribution in [3.8, 4) is 5.75 Å². The van der Waals surface area contributed by atoms with Crippen LogP contribution in [0.25, 0.3) is 0 Å². The molecule has 1 unspecified atom stereocenters. The minimum absolute atomic E-state index is 0.0540. The molecule has 0 radical (unpaired) electrons. The van der Waals surface area contributed by atoms with Gasteiger partial charge in [-0.1, -0.05) is 30.7 Å². The third-order valence-electron chi connectivity index (χ3n) is 11.8. The largest absolute Gasteiger partial charge is 0.491 e. The van der Waals surface area contributed by atoms with Crippen LogP contribution >= 0.6 is 11.6 Å². The number of carbonyl (C=O) groups is 1. The molecule has 6 aliphatic rings. The van der Waals surface area contributed by atoms with Crippen molar-refractivity contribution in [1.29, 1.82) is 0 Å². The van der Waals surface area contributed by atoms with Crippen molar-refractivity contribution < 1.29 is 36.6 Å². The lowest BCUT2D eigenvalue weighted by atomic mass is 9.64. The van der Waals surface area contributed by atoms with Gasteiger partial charge in [0.25, 0.3) is 5.91 Å². The molecule has 4 heterocycles. The summed E-state index contributed by atoms with van der Waals surface area (Å²) in [6, 6.07) is 8.58. The van der Waals surface area contributed by atoms with Crippen molar-refractivity contribution in [2.75, 3.05) is 37.9 Å². The van der Waals surface area contributed by atoms with Gasteiger partial charge in [-0.05, 0) is 129 Å². The lowest BCUT2D eigenvalue weighted by Gasteiger charge is -2.47. The standard InChI is InChI=1S/C39H50ClFN2O7S/c1-24-25(2)51(45,46)42-39(44)26-11-14-35-34(21-26)43(22-27-10-13-33(40)37(41)31(27)7-3-5-15-47-35)23-28-9-12-32(28)38(30-19-29(24)20-30)50-18-17-49-36-8-4-6-16-48-36/h10-11,13-14,19,21,24-25,28-29,32,36,38H,3-9,12,15-18,20,22-23H2,1-2H3,(H,42,44)/t24-,25-,28+,29+,32-,36?,38+/m1/s1. The number of allylic oxidation sites excluding steroid dienone is 1. The van der Waals surface area contributed by atoms with Gasteiger partial charge in [-0.3, -0.25) is 4.79 Å². The van der Waals surface area contributed by atoms with Crippen molar-refractivity contribution in [3.05, 3.63) is 69.5 Å². The van der Waals surface area contributed by atoms with Gasteiger partial charge < -0.3 is 23.8 Å². The van der Waals surface area contributed by atoms with Crippen molar-refractivity contribution in [2.24, 2.45) is 23.7 Å². The van der Waals surface area contributed by atoms with E-state index < -0.39 is 27.0 Å². The quantitative estimate of drug-likeness (QED) is 0.254. The Labute approximate surface area is 306 Å². The van der Waals surface area contributed by atoms with E-state index in [1.165, 1.54) is 5.57 Å². The molecule has 2 fully saturated rings. The van der Waals surface area contributed by atoms with Crippen LogP contribution in [0.5, 0.6) is 5.75 Å². The molecule has 51 heavy (non-hydrogen) atoms. The molecular formula is C39H50ClFN2O7S. The van der Waals surface area contributed by atoms with E-state index in [-0.39, 0.29) is 46.7 Å². The predicted molar refractivity (Wildman–Crippen MR) is 194 cm³/mol. The molecule has 2 aliphatic carbocycles. The average molecular weight is 745 g/mol. The lowest BCUT2D eigenvalue weighted by Crippen LogP contribution is -2.48. The fraction of sp³-hybridized carbons (Fsp3) is 0.615. The highest BCUT2D eigenvalue weighted by Crippen LogP contribution is 2.48. The van der Waals surface area contributed by atoms with Crippen molar-refractivity contribution in [1.82, 2.24) is 4.72 Å². The monoisotopic (exact) mass is 744 g/mol. The second kappa shape index (κ2) is 15.7. The minimum atomic E-state index is -3.99. The molecule has 1 N–H and O–H groups in total. The summed E-state index contributed by atoms with van der Waals surface area (Å²) in [5.74, 6) is -0.155. The van der Waals surface area contributed by atoms with Gasteiger partial charge in [0, 0.05) is 25.3 Å². The summed E-state index contributed by atoms with van der Waals surface area (Å²) in [7, 11) is -3.99. The summed E-state index contributed by atoms with van der Waals surface area (Å²) in [5.41, 5.74) is 3.51. The summed E-state index contributed by atoms with van der Waals surface area (Å²) in [4.78, 5) is 15.8. The first kappa shape index (κ1) is 36.6. The average Bonchev–Trinajstić information content (AvgIpc) is 3.12. The summed E-state index contributed by atoms with van der Waals surface area (Å²) in [6.07, 6.45) is 9.61. The highest BCUT2D eigenvalue weighted by molar-refractivity contribution is 7.90. The Kier molecular flexibility index (Phi) is 11.3. The molecular weight excluding hydrogens is 695 g/mol. The molecule has 8 rings (SSSR count). The topological polar surface area (TPSA) is 103 Å². The van der Waals surface area contributed by atoms with Gasteiger partial charge >= 0.3 is 0 Å². The van der Waals surface area contributed by atoms with E-state index in [4.69, 9.17) is 30.5 Å². The number of sulfonamides is 1. The van der Waals surface area contributed by atoms with Gasteiger partial charge in [0.2, 0.25) is 10.0 Å². The Bertz CT molecular complexity index is 1730. The van der Waals surface area contributed by atoms with Gasteiger partial charge in [-0.15, -0.1) is 0 Å². The number of nitrogens with zero attached hydrogens (tertiary/aromatic N) is 1. The van der Waals surface area contributed by atoms with Gasteiger partial charge in [-0.2, -0.15) is 0 Å². The van der Waals surface area contributed by atoms with Gasteiger partial charge in [0.05, 0.1) is 41.9 Å². The van der Waals surface area contributed by atoms with Gasteiger partial charge in [-0.25, -0.2) is 17.5 Å². The molecule has 12 heteroatoms. The number of nitrogens with one attached hydrogen (secondary N) is 1. The normalized spacial score (nSPS) is 30.9. The Morgan fingerprint density at radius 3 is 2.59 bits per heavy atom. The fourth-order valence-electron chi connectivity index (χ4n) is 8.30. The third kappa shape index (κ3) is 7.98. The maximum Gasteiger partial charge on any atom is 0.264 e. The number of amides is 1. The molecule has 0 aromatic heterocycles. The Balaban J connectivity index is 1.25. The number of hydrogen-bond acceptors (Lipinski definition) is 8. The van der Waals surface area contributed by atoms with E-state index in [1.54, 1.807) is 31.2 Å². The Morgan fingerprint density at radius 1 is 1.02 bits per heavy atom. The van der Waals surface area contributed by atoms with Gasteiger partial charge in [0.1, 0.15) is 11.6 Å². The highest BCUT2D eigenvalue weighted by atomic mass is 35.5. The molecule has 9 nitrogen and oxygen atoms in total. The maximum absolute atomic E-state index is 15.6. The van der Waals surface area contributed by atoms with Crippen LogP contribution in [0, 0.1) is 29.5 Å². The van der Waals surface area contributed by atoms with Crippen LogP contribution in [0.4, 0.5) is 10.1 Å². The van der Waals surface area contributed by atoms with E-state index in [0.29, 0.717) is 62.8 Å². The van der Waals surface area contributed by atoms with Gasteiger partial charge in [0.15, 0.2) is 6.29 Å². The number of halogens is 2. The van der Waals surface area contributed by atoms with E-state index in [0.717, 1.165) is 57.1 Å². The molecule has 7 atom stereocenters. The van der Waals surface area contributed by atoms with E-state index in [1.807, 2.05) is 13.0 Å². The molecule has 4 aliphatic heterocycles. The number of hydrogen-bond donors (Lipinski definition) is 1.